The summed E-state index contributed by atoms with van der Waals surface area (Å²) in [6.07, 6.45) is 0. The van der Waals surface area contributed by atoms with Crippen molar-refractivity contribution >= 4 is 27.3 Å². The van der Waals surface area contributed by atoms with E-state index in [0.717, 1.165) is 13.1 Å². The lowest BCUT2D eigenvalue weighted by Crippen LogP contribution is -2.39. The molecule has 0 aliphatic carbocycles. The monoisotopic (exact) mass is 465 g/mol. The van der Waals surface area contributed by atoms with Crippen molar-refractivity contribution in [3.63, 3.8) is 0 Å². The molecule has 0 unspecified atom stereocenters. The quantitative estimate of drug-likeness (QED) is 0.569. The number of halogens is 2. The van der Waals surface area contributed by atoms with Crippen molar-refractivity contribution in [2.75, 3.05) is 44.7 Å². The fourth-order valence-electron chi connectivity index (χ4n) is 3.23. The molecule has 164 valence electrons. The molecule has 0 amide bonds. The van der Waals surface area contributed by atoms with Gasteiger partial charge in [0.2, 0.25) is 26.6 Å². The molecule has 10 heteroatoms. The van der Waals surface area contributed by atoms with Gasteiger partial charge < -0.3 is 14.5 Å². The van der Waals surface area contributed by atoms with E-state index >= 15 is 0 Å². The van der Waals surface area contributed by atoms with Crippen LogP contribution in [0.15, 0.2) is 62.9 Å². The molecule has 2 aromatic carbocycles. The summed E-state index contributed by atoms with van der Waals surface area (Å²) in [6.45, 7) is 4.02. The van der Waals surface area contributed by atoms with E-state index in [1.165, 1.54) is 42.5 Å². The van der Waals surface area contributed by atoms with Crippen molar-refractivity contribution in [2.45, 2.75) is 9.92 Å². The number of aromatic nitrogens is 1. The first-order valence-electron chi connectivity index (χ1n) is 9.75. The average Bonchev–Trinajstić information content (AvgIpc) is 3.20. The minimum atomic E-state index is -4.02. The fourth-order valence-corrected chi connectivity index (χ4v) is 4.63. The lowest BCUT2D eigenvalue weighted by Gasteiger charge is -2.26. The smallest absolute Gasteiger partial charge is 0.233 e. The van der Waals surface area contributed by atoms with Crippen molar-refractivity contribution < 1.29 is 22.0 Å². The Labute approximate surface area is 184 Å². The van der Waals surface area contributed by atoms with Crippen molar-refractivity contribution in [2.24, 2.45) is 0 Å². The molecule has 31 heavy (non-hydrogen) atoms. The van der Waals surface area contributed by atoms with Gasteiger partial charge in [-0.1, -0.05) is 23.7 Å². The maximum Gasteiger partial charge on any atom is 0.233 e. The van der Waals surface area contributed by atoms with Crippen LogP contribution in [-0.2, 0) is 14.6 Å². The van der Waals surface area contributed by atoms with E-state index in [9.17, 15) is 12.8 Å². The second-order valence-electron chi connectivity index (χ2n) is 6.97. The van der Waals surface area contributed by atoms with E-state index in [0.29, 0.717) is 31.3 Å². The maximum absolute atomic E-state index is 14.3. The van der Waals surface area contributed by atoms with Crippen LogP contribution in [0.4, 0.5) is 10.3 Å². The first-order chi connectivity index (χ1) is 14.9. The largest absolute Gasteiger partial charge is 0.419 e. The molecular weight excluding hydrogens is 445 g/mol. The number of anilines is 1. The van der Waals surface area contributed by atoms with Crippen LogP contribution in [0.25, 0.3) is 11.5 Å². The second-order valence-corrected chi connectivity index (χ2v) is 9.27. The van der Waals surface area contributed by atoms with Crippen LogP contribution in [0.5, 0.6) is 0 Å². The van der Waals surface area contributed by atoms with E-state index in [4.69, 9.17) is 20.8 Å². The number of hydrogen-bond donors (Lipinski definition) is 1. The SMILES string of the molecule is O=S(=O)(c1ccc(Cl)cc1)c1nc(-c2ccccc2F)oc1NCCN1CCOCC1. The number of nitrogens with one attached hydrogen (secondary N) is 1. The highest BCUT2D eigenvalue weighted by Crippen LogP contribution is 2.33. The third kappa shape index (κ3) is 4.90. The number of rotatable bonds is 7. The molecule has 1 saturated heterocycles. The first-order valence-corrected chi connectivity index (χ1v) is 11.6. The number of ether oxygens (including phenoxy) is 1. The molecule has 3 aromatic rings. The molecule has 4 rings (SSSR count). The van der Waals surface area contributed by atoms with Crippen molar-refractivity contribution in [1.29, 1.82) is 0 Å². The van der Waals surface area contributed by atoms with Gasteiger partial charge in [-0.05, 0) is 36.4 Å². The molecule has 2 heterocycles. The second kappa shape index (κ2) is 9.35. The van der Waals surface area contributed by atoms with E-state index in [-0.39, 0.29) is 27.3 Å². The predicted molar refractivity (Wildman–Crippen MR) is 115 cm³/mol. The van der Waals surface area contributed by atoms with Gasteiger partial charge in [-0.3, -0.25) is 4.90 Å². The van der Waals surface area contributed by atoms with Gasteiger partial charge in [-0.25, -0.2) is 12.8 Å². The summed E-state index contributed by atoms with van der Waals surface area (Å²) in [5.74, 6) is -0.694. The van der Waals surface area contributed by atoms with Gasteiger partial charge in [0, 0.05) is 31.2 Å². The molecule has 0 spiro atoms. The Bertz CT molecular complexity index is 1150. The van der Waals surface area contributed by atoms with Gasteiger partial charge in [0.05, 0.1) is 23.7 Å². The minimum absolute atomic E-state index is 0.0153. The highest BCUT2D eigenvalue weighted by atomic mass is 35.5. The molecule has 7 nitrogen and oxygen atoms in total. The van der Waals surface area contributed by atoms with Crippen LogP contribution >= 0.6 is 11.6 Å². The summed E-state index contributed by atoms with van der Waals surface area (Å²) in [7, 11) is -4.02. The van der Waals surface area contributed by atoms with Gasteiger partial charge in [-0.15, -0.1) is 0 Å². The van der Waals surface area contributed by atoms with Gasteiger partial charge in [0.1, 0.15) is 5.82 Å². The summed E-state index contributed by atoms with van der Waals surface area (Å²) < 4.78 is 51.8. The highest BCUT2D eigenvalue weighted by Gasteiger charge is 2.29. The Balaban J connectivity index is 1.66. The normalized spacial score (nSPS) is 15.2. The van der Waals surface area contributed by atoms with Crippen LogP contribution in [0, 0.1) is 5.82 Å². The van der Waals surface area contributed by atoms with Gasteiger partial charge in [-0.2, -0.15) is 4.98 Å². The van der Waals surface area contributed by atoms with Crippen LogP contribution < -0.4 is 5.32 Å². The van der Waals surface area contributed by atoms with Crippen LogP contribution in [0.2, 0.25) is 5.02 Å². The molecule has 1 aliphatic heterocycles. The topological polar surface area (TPSA) is 84.7 Å². The summed E-state index contributed by atoms with van der Waals surface area (Å²) in [5.41, 5.74) is 0.0799. The number of hydrogen-bond acceptors (Lipinski definition) is 7. The Hall–Kier alpha value is -2.46. The molecule has 1 aliphatic rings. The summed E-state index contributed by atoms with van der Waals surface area (Å²) in [6, 6.07) is 11.7. The van der Waals surface area contributed by atoms with E-state index < -0.39 is 15.7 Å². The Morgan fingerprint density at radius 1 is 1.10 bits per heavy atom. The van der Waals surface area contributed by atoms with Crippen LogP contribution in [0.1, 0.15) is 0 Å². The zero-order valence-electron chi connectivity index (χ0n) is 16.6. The van der Waals surface area contributed by atoms with Crippen molar-refractivity contribution in [1.82, 2.24) is 9.88 Å². The molecule has 0 bridgehead atoms. The molecule has 1 N–H and O–H groups in total. The lowest BCUT2D eigenvalue weighted by molar-refractivity contribution is 0.0398. The van der Waals surface area contributed by atoms with Gasteiger partial charge >= 0.3 is 0 Å². The number of sulfone groups is 1. The number of benzene rings is 2. The molecule has 1 aromatic heterocycles. The summed E-state index contributed by atoms with van der Waals surface area (Å²) in [5, 5.41) is 3.13. The third-order valence-electron chi connectivity index (χ3n) is 4.90. The first kappa shape index (κ1) is 21.8. The minimum Gasteiger partial charge on any atom is -0.419 e. The molecule has 1 fully saturated rings. The third-order valence-corrected chi connectivity index (χ3v) is 6.83. The Morgan fingerprint density at radius 2 is 1.81 bits per heavy atom. The predicted octanol–water partition coefficient (Wildman–Crippen LogP) is 3.71. The number of nitrogens with zero attached hydrogens (tertiary/aromatic N) is 2. The molecule has 0 radical (unpaired) electrons. The van der Waals surface area contributed by atoms with Crippen molar-refractivity contribution in [3.8, 4) is 11.5 Å². The highest BCUT2D eigenvalue weighted by molar-refractivity contribution is 7.91. The van der Waals surface area contributed by atoms with Crippen molar-refractivity contribution in [3.05, 3.63) is 59.4 Å². The van der Waals surface area contributed by atoms with Crippen LogP contribution in [-0.4, -0.2) is 57.7 Å². The van der Waals surface area contributed by atoms with Gasteiger partial charge in [0.15, 0.2) is 0 Å². The van der Waals surface area contributed by atoms with E-state index in [1.54, 1.807) is 6.07 Å². The zero-order chi connectivity index (χ0) is 21.8. The van der Waals surface area contributed by atoms with Gasteiger partial charge in [0.25, 0.3) is 0 Å². The average molecular weight is 466 g/mol. The standard InChI is InChI=1S/C21H21ClFN3O4S/c22-15-5-7-16(8-6-15)31(27,28)21-20(24-9-10-26-11-13-29-14-12-26)30-19(25-21)17-3-1-2-4-18(17)23/h1-8,24H,9-14H2. The summed E-state index contributed by atoms with van der Waals surface area (Å²) >= 11 is 5.89. The Kier molecular flexibility index (Phi) is 6.57. The number of morpholine rings is 1. The molecule has 0 saturated carbocycles. The van der Waals surface area contributed by atoms with E-state index in [2.05, 4.69) is 15.2 Å². The maximum atomic E-state index is 14.3. The lowest BCUT2D eigenvalue weighted by atomic mass is 10.2. The van der Waals surface area contributed by atoms with Crippen LogP contribution in [0.3, 0.4) is 0 Å². The summed E-state index contributed by atoms with van der Waals surface area (Å²) in [4.78, 5) is 6.36. The molecular formula is C21H21ClFN3O4S. The number of oxazole rings is 1. The zero-order valence-corrected chi connectivity index (χ0v) is 18.1. The fraction of sp³-hybridized carbons (Fsp3) is 0.286. The Morgan fingerprint density at radius 3 is 2.52 bits per heavy atom. The molecule has 0 atom stereocenters. The van der Waals surface area contributed by atoms with E-state index in [1.807, 2.05) is 0 Å².